The van der Waals surface area contributed by atoms with E-state index in [2.05, 4.69) is 4.98 Å². The Morgan fingerprint density at radius 2 is 2.17 bits per heavy atom. The molecular weight excluding hydrogens is 376 g/mol. The third kappa shape index (κ3) is 6.43. The first-order valence-corrected chi connectivity index (χ1v) is 10.5. The number of carbonyl (C=O) groups is 1. The molecule has 0 bridgehead atoms. The normalized spacial score (nSPS) is 16.5. The van der Waals surface area contributed by atoms with Crippen LogP contribution < -0.4 is 21.9 Å². The largest absolute Gasteiger partial charge is 0.383 e. The van der Waals surface area contributed by atoms with Crippen LogP contribution in [0.5, 0.6) is 0 Å². The number of anilines is 2. The maximum atomic E-state index is 12.9. The van der Waals surface area contributed by atoms with Crippen LogP contribution in [-0.4, -0.2) is 47.9 Å². The minimum atomic E-state index is -0.644. The Bertz CT molecular complexity index is 780. The van der Waals surface area contributed by atoms with E-state index < -0.39 is 11.2 Å². The third-order valence-electron chi connectivity index (χ3n) is 4.86. The minimum absolute atomic E-state index is 0.0291. The SMILES string of the molecule is CCCCn1c(N)c(N(CC(C)C)C(=O)CCOCC2CCCO2)c(=O)[nH]c1=O. The zero-order valence-electron chi connectivity index (χ0n) is 17.7. The van der Waals surface area contributed by atoms with Gasteiger partial charge in [-0.2, -0.15) is 0 Å². The average molecular weight is 411 g/mol. The van der Waals surface area contributed by atoms with Gasteiger partial charge in [-0.1, -0.05) is 27.2 Å². The van der Waals surface area contributed by atoms with Crippen LogP contribution in [0.25, 0.3) is 0 Å². The summed E-state index contributed by atoms with van der Waals surface area (Å²) >= 11 is 0. The number of carbonyl (C=O) groups excluding carboxylic acids is 1. The van der Waals surface area contributed by atoms with Gasteiger partial charge in [-0.3, -0.25) is 19.1 Å². The molecule has 0 aromatic carbocycles. The van der Waals surface area contributed by atoms with Crippen molar-refractivity contribution in [2.45, 2.75) is 65.5 Å². The summed E-state index contributed by atoms with van der Waals surface area (Å²) in [7, 11) is 0. The highest BCUT2D eigenvalue weighted by Gasteiger charge is 2.25. The van der Waals surface area contributed by atoms with E-state index in [-0.39, 0.29) is 42.5 Å². The van der Waals surface area contributed by atoms with Crippen LogP contribution in [0, 0.1) is 5.92 Å². The van der Waals surface area contributed by atoms with Crippen LogP contribution in [0.15, 0.2) is 9.59 Å². The monoisotopic (exact) mass is 410 g/mol. The van der Waals surface area contributed by atoms with Gasteiger partial charge in [0.05, 0.1) is 25.7 Å². The zero-order valence-corrected chi connectivity index (χ0v) is 17.7. The molecule has 1 atom stereocenters. The van der Waals surface area contributed by atoms with Gasteiger partial charge in [0.1, 0.15) is 5.82 Å². The van der Waals surface area contributed by atoms with E-state index in [0.717, 1.165) is 32.3 Å². The van der Waals surface area contributed by atoms with E-state index in [1.807, 2.05) is 20.8 Å². The Morgan fingerprint density at radius 1 is 1.41 bits per heavy atom. The lowest BCUT2D eigenvalue weighted by Crippen LogP contribution is -2.43. The van der Waals surface area contributed by atoms with Crippen LogP contribution in [0.3, 0.4) is 0 Å². The Hall–Kier alpha value is -2.13. The predicted octanol–water partition coefficient (Wildman–Crippen LogP) is 1.49. The van der Waals surface area contributed by atoms with Crippen molar-refractivity contribution in [3.63, 3.8) is 0 Å². The Morgan fingerprint density at radius 3 is 2.79 bits per heavy atom. The van der Waals surface area contributed by atoms with E-state index in [1.54, 1.807) is 0 Å². The first-order valence-electron chi connectivity index (χ1n) is 10.5. The van der Waals surface area contributed by atoms with E-state index in [1.165, 1.54) is 9.47 Å². The molecule has 9 nitrogen and oxygen atoms in total. The molecule has 2 heterocycles. The molecule has 29 heavy (non-hydrogen) atoms. The Labute approximate surface area is 171 Å². The molecular formula is C20H34N4O5. The number of H-pyrrole nitrogens is 1. The summed E-state index contributed by atoms with van der Waals surface area (Å²) in [5.41, 5.74) is 5.02. The van der Waals surface area contributed by atoms with Crippen LogP contribution in [-0.2, 0) is 20.8 Å². The summed E-state index contributed by atoms with van der Waals surface area (Å²) in [4.78, 5) is 41.3. The number of nitrogens with zero attached hydrogens (tertiary/aromatic N) is 2. The topological polar surface area (TPSA) is 120 Å². The molecule has 2 rings (SSSR count). The van der Waals surface area contributed by atoms with Crippen molar-refractivity contribution in [2.75, 3.05) is 37.0 Å². The molecule has 1 aromatic heterocycles. The first-order chi connectivity index (χ1) is 13.8. The number of aromatic nitrogens is 2. The van der Waals surface area contributed by atoms with Crippen LogP contribution >= 0.6 is 0 Å². The number of aromatic amines is 1. The third-order valence-corrected chi connectivity index (χ3v) is 4.86. The van der Waals surface area contributed by atoms with E-state index in [9.17, 15) is 14.4 Å². The summed E-state index contributed by atoms with van der Waals surface area (Å²) in [5.74, 6) is -0.119. The van der Waals surface area contributed by atoms with Crippen molar-refractivity contribution in [3.05, 3.63) is 20.8 Å². The number of rotatable bonds is 11. The van der Waals surface area contributed by atoms with Crippen LogP contribution in [0.4, 0.5) is 11.5 Å². The number of hydrogen-bond acceptors (Lipinski definition) is 6. The molecule has 1 aliphatic heterocycles. The van der Waals surface area contributed by atoms with Gasteiger partial charge in [0.25, 0.3) is 5.56 Å². The molecule has 1 fully saturated rings. The molecule has 0 aliphatic carbocycles. The number of unbranched alkanes of at least 4 members (excludes halogenated alkanes) is 1. The van der Waals surface area contributed by atoms with Crippen molar-refractivity contribution < 1.29 is 14.3 Å². The number of nitrogen functional groups attached to an aromatic ring is 1. The van der Waals surface area contributed by atoms with E-state index in [0.29, 0.717) is 19.7 Å². The van der Waals surface area contributed by atoms with Gasteiger partial charge < -0.3 is 20.1 Å². The van der Waals surface area contributed by atoms with Crippen molar-refractivity contribution in [2.24, 2.45) is 5.92 Å². The summed E-state index contributed by atoms with van der Waals surface area (Å²) in [6, 6.07) is 0. The summed E-state index contributed by atoms with van der Waals surface area (Å²) in [6.07, 6.45) is 3.83. The highest BCUT2D eigenvalue weighted by molar-refractivity contribution is 5.95. The van der Waals surface area contributed by atoms with Crippen molar-refractivity contribution >= 4 is 17.4 Å². The van der Waals surface area contributed by atoms with Crippen molar-refractivity contribution in [1.29, 1.82) is 0 Å². The lowest BCUT2D eigenvalue weighted by atomic mass is 10.2. The number of amides is 1. The number of nitrogens with two attached hydrogens (primary N) is 1. The lowest BCUT2D eigenvalue weighted by Gasteiger charge is -2.26. The van der Waals surface area contributed by atoms with E-state index in [4.69, 9.17) is 15.2 Å². The number of hydrogen-bond donors (Lipinski definition) is 2. The van der Waals surface area contributed by atoms with Crippen LogP contribution in [0.2, 0.25) is 0 Å². The van der Waals surface area contributed by atoms with Crippen LogP contribution in [0.1, 0.15) is 52.9 Å². The van der Waals surface area contributed by atoms with Gasteiger partial charge >= 0.3 is 5.69 Å². The van der Waals surface area contributed by atoms with Gasteiger partial charge in [-0.05, 0) is 25.2 Å². The highest BCUT2D eigenvalue weighted by atomic mass is 16.5. The second kappa shape index (κ2) is 11.2. The molecule has 1 saturated heterocycles. The van der Waals surface area contributed by atoms with Gasteiger partial charge in [-0.15, -0.1) is 0 Å². The Kier molecular flexibility index (Phi) is 8.91. The van der Waals surface area contributed by atoms with E-state index >= 15 is 0 Å². The predicted molar refractivity (Wildman–Crippen MR) is 112 cm³/mol. The highest BCUT2D eigenvalue weighted by Crippen LogP contribution is 2.20. The molecule has 9 heteroatoms. The number of nitrogens with one attached hydrogen (secondary N) is 1. The minimum Gasteiger partial charge on any atom is -0.383 e. The molecule has 0 saturated carbocycles. The van der Waals surface area contributed by atoms with Gasteiger partial charge in [0, 0.05) is 19.7 Å². The summed E-state index contributed by atoms with van der Waals surface area (Å²) < 4.78 is 12.4. The standard InChI is InChI=1S/C20H34N4O5/c1-4-5-9-23-18(21)17(19(26)22-20(23)27)24(12-14(2)3)16(25)8-11-28-13-15-7-6-10-29-15/h14-15H,4-13,21H2,1-3H3,(H,22,26,27). The summed E-state index contributed by atoms with van der Waals surface area (Å²) in [6.45, 7) is 8.06. The average Bonchev–Trinajstić information content (AvgIpc) is 3.17. The van der Waals surface area contributed by atoms with Gasteiger partial charge in [-0.25, -0.2) is 4.79 Å². The fourth-order valence-electron chi connectivity index (χ4n) is 3.34. The second-order valence-electron chi connectivity index (χ2n) is 7.86. The molecule has 1 amide bonds. The first kappa shape index (κ1) is 23.2. The maximum absolute atomic E-state index is 12.9. The molecule has 0 radical (unpaired) electrons. The van der Waals surface area contributed by atoms with Crippen molar-refractivity contribution in [1.82, 2.24) is 9.55 Å². The molecule has 1 unspecified atom stereocenters. The summed E-state index contributed by atoms with van der Waals surface area (Å²) in [5, 5.41) is 0. The van der Waals surface area contributed by atoms with Gasteiger partial charge in [0.2, 0.25) is 5.91 Å². The maximum Gasteiger partial charge on any atom is 0.330 e. The fraction of sp³-hybridized carbons (Fsp3) is 0.750. The lowest BCUT2D eigenvalue weighted by molar-refractivity contribution is -0.120. The molecule has 1 aromatic rings. The fourth-order valence-corrected chi connectivity index (χ4v) is 3.34. The quantitative estimate of drug-likeness (QED) is 0.534. The molecule has 164 valence electrons. The molecule has 3 N–H and O–H groups in total. The van der Waals surface area contributed by atoms with Gasteiger partial charge in [0.15, 0.2) is 5.69 Å². The smallest absolute Gasteiger partial charge is 0.330 e. The zero-order chi connectivity index (χ0) is 21.4. The second-order valence-corrected chi connectivity index (χ2v) is 7.86. The molecule has 1 aliphatic rings. The molecule has 0 spiro atoms. The number of ether oxygens (including phenoxy) is 2. The Balaban J connectivity index is 2.16. The van der Waals surface area contributed by atoms with Crippen molar-refractivity contribution in [3.8, 4) is 0 Å².